The first-order valence-corrected chi connectivity index (χ1v) is 7.70. The van der Waals surface area contributed by atoms with E-state index < -0.39 is 10.0 Å². The SMILES string of the molecule is CN(Cc1cc(Cl)cc(Cl)c1)S(=O)(=O)c1cn[nH]c1N. The van der Waals surface area contributed by atoms with Crippen LogP contribution in [0.2, 0.25) is 10.0 Å². The number of halogens is 2. The number of hydrogen-bond acceptors (Lipinski definition) is 4. The highest BCUT2D eigenvalue weighted by Gasteiger charge is 2.25. The molecule has 0 saturated heterocycles. The number of H-pyrrole nitrogens is 1. The number of aromatic amines is 1. The van der Waals surface area contributed by atoms with Gasteiger partial charge < -0.3 is 5.73 Å². The van der Waals surface area contributed by atoms with Gasteiger partial charge in [0, 0.05) is 23.6 Å². The predicted octanol–water partition coefficient (Wildman–Crippen LogP) is 2.12. The molecule has 0 aliphatic carbocycles. The minimum atomic E-state index is -3.72. The number of sulfonamides is 1. The summed E-state index contributed by atoms with van der Waals surface area (Å²) in [5.74, 6) is 0.000904. The molecule has 1 aromatic heterocycles. The molecule has 108 valence electrons. The molecule has 0 bridgehead atoms. The zero-order valence-corrected chi connectivity index (χ0v) is 12.8. The van der Waals surface area contributed by atoms with Crippen LogP contribution < -0.4 is 5.73 Å². The largest absolute Gasteiger partial charge is 0.383 e. The van der Waals surface area contributed by atoms with E-state index in [9.17, 15) is 8.42 Å². The average molecular weight is 335 g/mol. The van der Waals surface area contributed by atoms with Crippen molar-refractivity contribution in [3.63, 3.8) is 0 Å². The number of nitrogens with zero attached hydrogens (tertiary/aromatic N) is 2. The van der Waals surface area contributed by atoms with Gasteiger partial charge in [0.05, 0.1) is 6.20 Å². The summed E-state index contributed by atoms with van der Waals surface area (Å²) in [5.41, 5.74) is 6.22. The van der Waals surface area contributed by atoms with Crippen molar-refractivity contribution in [2.75, 3.05) is 12.8 Å². The van der Waals surface area contributed by atoms with Crippen molar-refractivity contribution in [3.05, 3.63) is 40.0 Å². The molecule has 0 spiro atoms. The van der Waals surface area contributed by atoms with Crippen LogP contribution in [0.5, 0.6) is 0 Å². The molecule has 3 N–H and O–H groups in total. The maximum atomic E-state index is 12.3. The van der Waals surface area contributed by atoms with Crippen molar-refractivity contribution in [1.82, 2.24) is 14.5 Å². The molecule has 0 atom stereocenters. The lowest BCUT2D eigenvalue weighted by Crippen LogP contribution is -2.26. The topological polar surface area (TPSA) is 92.1 Å². The molecule has 2 aromatic rings. The molecule has 2 rings (SSSR count). The van der Waals surface area contributed by atoms with Crippen LogP contribution in [0.4, 0.5) is 5.82 Å². The van der Waals surface area contributed by atoms with E-state index >= 15 is 0 Å². The van der Waals surface area contributed by atoms with Gasteiger partial charge in [0.2, 0.25) is 10.0 Å². The molecule has 20 heavy (non-hydrogen) atoms. The zero-order chi connectivity index (χ0) is 14.9. The molecule has 0 aliphatic heterocycles. The van der Waals surface area contributed by atoms with Gasteiger partial charge in [-0.05, 0) is 23.8 Å². The zero-order valence-electron chi connectivity index (χ0n) is 10.5. The Kier molecular flexibility index (Phi) is 4.24. The first kappa shape index (κ1) is 15.1. The summed E-state index contributed by atoms with van der Waals surface area (Å²) in [6.07, 6.45) is 1.17. The van der Waals surface area contributed by atoms with Gasteiger partial charge in [-0.2, -0.15) is 9.40 Å². The summed E-state index contributed by atoms with van der Waals surface area (Å²) < 4.78 is 25.8. The van der Waals surface area contributed by atoms with Crippen LogP contribution in [0.15, 0.2) is 29.3 Å². The van der Waals surface area contributed by atoms with E-state index in [-0.39, 0.29) is 17.3 Å². The van der Waals surface area contributed by atoms with Crippen LogP contribution >= 0.6 is 23.2 Å². The number of hydrogen-bond donors (Lipinski definition) is 2. The molecule has 9 heteroatoms. The second-order valence-electron chi connectivity index (χ2n) is 4.19. The van der Waals surface area contributed by atoms with Gasteiger partial charge in [-0.1, -0.05) is 23.2 Å². The Balaban J connectivity index is 2.28. The van der Waals surface area contributed by atoms with Gasteiger partial charge in [-0.25, -0.2) is 8.42 Å². The van der Waals surface area contributed by atoms with Crippen molar-refractivity contribution < 1.29 is 8.42 Å². The van der Waals surface area contributed by atoms with E-state index in [4.69, 9.17) is 28.9 Å². The molecule has 0 unspecified atom stereocenters. The normalized spacial score (nSPS) is 12.0. The number of benzene rings is 1. The van der Waals surface area contributed by atoms with Crippen molar-refractivity contribution >= 4 is 39.0 Å². The van der Waals surface area contributed by atoms with E-state index in [1.54, 1.807) is 18.2 Å². The molecular weight excluding hydrogens is 323 g/mol. The number of rotatable bonds is 4. The number of nitrogens with two attached hydrogens (primary N) is 1. The van der Waals surface area contributed by atoms with Crippen LogP contribution in [0.25, 0.3) is 0 Å². The van der Waals surface area contributed by atoms with Gasteiger partial charge in [0.1, 0.15) is 10.7 Å². The highest BCUT2D eigenvalue weighted by atomic mass is 35.5. The Hall–Kier alpha value is -1.28. The van der Waals surface area contributed by atoms with Gasteiger partial charge >= 0.3 is 0 Å². The van der Waals surface area contributed by atoms with Gasteiger partial charge in [0.25, 0.3) is 0 Å². The van der Waals surface area contributed by atoms with Crippen molar-refractivity contribution in [3.8, 4) is 0 Å². The third kappa shape index (κ3) is 3.06. The molecular formula is C11H12Cl2N4O2S. The Morgan fingerprint density at radius 2 is 1.90 bits per heavy atom. The fourth-order valence-corrected chi connectivity index (χ4v) is 3.44. The van der Waals surface area contributed by atoms with Crippen LogP contribution in [0.1, 0.15) is 5.56 Å². The fourth-order valence-electron chi connectivity index (χ4n) is 1.70. The molecule has 0 saturated carbocycles. The number of aromatic nitrogens is 2. The summed E-state index contributed by atoms with van der Waals surface area (Å²) in [5, 5.41) is 6.89. The minimum absolute atomic E-state index is 0.000904. The maximum absolute atomic E-state index is 12.3. The minimum Gasteiger partial charge on any atom is -0.383 e. The lowest BCUT2D eigenvalue weighted by Gasteiger charge is -2.16. The summed E-state index contributed by atoms with van der Waals surface area (Å²) >= 11 is 11.8. The third-order valence-electron chi connectivity index (χ3n) is 2.65. The lowest BCUT2D eigenvalue weighted by atomic mass is 10.2. The Bertz CT molecular complexity index is 710. The Morgan fingerprint density at radius 1 is 1.30 bits per heavy atom. The monoisotopic (exact) mass is 334 g/mol. The number of nitrogen functional groups attached to an aromatic ring is 1. The van der Waals surface area contributed by atoms with Gasteiger partial charge in [-0.3, -0.25) is 5.10 Å². The van der Waals surface area contributed by atoms with E-state index in [2.05, 4.69) is 10.2 Å². The predicted molar refractivity (Wildman–Crippen MR) is 78.1 cm³/mol. The van der Waals surface area contributed by atoms with Gasteiger partial charge in [0.15, 0.2) is 0 Å². The van der Waals surface area contributed by atoms with E-state index in [0.29, 0.717) is 15.6 Å². The first-order valence-electron chi connectivity index (χ1n) is 5.51. The number of nitrogens with one attached hydrogen (secondary N) is 1. The van der Waals surface area contributed by atoms with Gasteiger partial charge in [-0.15, -0.1) is 0 Å². The molecule has 0 fully saturated rings. The summed E-state index contributed by atoms with van der Waals surface area (Å²) in [4.78, 5) is -0.0619. The molecule has 0 amide bonds. The molecule has 1 aromatic carbocycles. The highest BCUT2D eigenvalue weighted by Crippen LogP contribution is 2.23. The maximum Gasteiger partial charge on any atom is 0.248 e. The van der Waals surface area contributed by atoms with Crippen LogP contribution in [-0.4, -0.2) is 30.0 Å². The van der Waals surface area contributed by atoms with Crippen LogP contribution in [-0.2, 0) is 16.6 Å². The first-order chi connectivity index (χ1) is 9.30. The second-order valence-corrected chi connectivity index (χ2v) is 7.07. The quantitative estimate of drug-likeness (QED) is 0.895. The molecule has 6 nitrogen and oxygen atoms in total. The summed E-state index contributed by atoms with van der Waals surface area (Å²) in [6.45, 7) is 0.118. The summed E-state index contributed by atoms with van der Waals surface area (Å²) in [7, 11) is -2.28. The smallest absolute Gasteiger partial charge is 0.248 e. The lowest BCUT2D eigenvalue weighted by molar-refractivity contribution is 0.467. The summed E-state index contributed by atoms with van der Waals surface area (Å²) in [6, 6.07) is 4.88. The Labute approximate surface area is 126 Å². The molecule has 0 radical (unpaired) electrons. The van der Waals surface area contributed by atoms with E-state index in [0.717, 1.165) is 4.31 Å². The standard InChI is InChI=1S/C11H12Cl2N4O2S/c1-17(6-7-2-8(12)4-9(13)3-7)20(18,19)10-5-15-16-11(10)14/h2-5H,6H2,1H3,(H3,14,15,16). The van der Waals surface area contributed by atoms with Crippen LogP contribution in [0.3, 0.4) is 0 Å². The van der Waals surface area contributed by atoms with E-state index in [1.807, 2.05) is 0 Å². The molecule has 0 aliphatic rings. The molecule has 1 heterocycles. The number of anilines is 1. The highest BCUT2D eigenvalue weighted by molar-refractivity contribution is 7.89. The average Bonchev–Trinajstić information content (AvgIpc) is 2.74. The third-order valence-corrected chi connectivity index (χ3v) is 4.92. The van der Waals surface area contributed by atoms with Crippen molar-refractivity contribution in [2.24, 2.45) is 0 Å². The second kappa shape index (κ2) is 5.61. The fraction of sp³-hybridized carbons (Fsp3) is 0.182. The van der Waals surface area contributed by atoms with Crippen LogP contribution in [0, 0.1) is 0 Å². The Morgan fingerprint density at radius 3 is 2.40 bits per heavy atom. The van der Waals surface area contributed by atoms with Crippen molar-refractivity contribution in [2.45, 2.75) is 11.4 Å². The van der Waals surface area contributed by atoms with E-state index in [1.165, 1.54) is 13.2 Å². The van der Waals surface area contributed by atoms with Crippen molar-refractivity contribution in [1.29, 1.82) is 0 Å².